The van der Waals surface area contributed by atoms with E-state index >= 15 is 0 Å². The fourth-order valence-electron chi connectivity index (χ4n) is 1.76. The topological polar surface area (TPSA) is 18.5 Å². The van der Waals surface area contributed by atoms with Gasteiger partial charge in [0.25, 0.3) is 0 Å². The maximum atomic E-state index is 5.64. The van der Waals surface area contributed by atoms with Gasteiger partial charge in [0.1, 0.15) is 0 Å². The molecule has 0 aromatic carbocycles. The molecule has 0 aromatic heterocycles. The van der Waals surface area contributed by atoms with E-state index in [1.54, 1.807) is 0 Å². The molecular weight excluding hydrogens is 176 g/mol. The first-order valence-corrected chi connectivity index (χ1v) is 6.16. The van der Waals surface area contributed by atoms with E-state index < -0.39 is 0 Å². The third-order valence-corrected chi connectivity index (χ3v) is 2.69. The summed E-state index contributed by atoms with van der Waals surface area (Å²) in [6.07, 6.45) is 10.2. The molecule has 0 radical (unpaired) electrons. The van der Waals surface area contributed by atoms with Crippen molar-refractivity contribution in [3.8, 4) is 0 Å². The lowest BCUT2D eigenvalue weighted by Crippen LogP contribution is -2.22. The molecule has 0 spiro atoms. The van der Waals surface area contributed by atoms with Crippen molar-refractivity contribution in [2.75, 3.05) is 13.2 Å². The van der Waals surface area contributed by atoms with Gasteiger partial charge in [-0.05, 0) is 25.7 Å². The molecule has 1 atom stereocenters. The van der Waals surface area contributed by atoms with Crippen molar-refractivity contribution in [1.29, 1.82) is 0 Å². The molecule has 0 bridgehead atoms. The third-order valence-electron chi connectivity index (χ3n) is 2.69. The second-order valence-electron chi connectivity index (χ2n) is 4.08. The van der Waals surface area contributed by atoms with E-state index in [2.05, 4.69) is 6.92 Å². The molecule has 0 saturated carbocycles. The normalized spacial score (nSPS) is 22.5. The number of hydrogen-bond acceptors (Lipinski definition) is 2. The van der Waals surface area contributed by atoms with Crippen molar-refractivity contribution in [3.05, 3.63) is 0 Å². The predicted octanol–water partition coefficient (Wildman–Crippen LogP) is 3.50. The van der Waals surface area contributed by atoms with Crippen molar-refractivity contribution < 1.29 is 9.47 Å². The lowest BCUT2D eigenvalue weighted by Gasteiger charge is -2.22. The Labute approximate surface area is 88.0 Å². The average Bonchev–Trinajstić information content (AvgIpc) is 2.25. The van der Waals surface area contributed by atoms with Crippen LogP contribution in [0.2, 0.25) is 0 Å². The minimum absolute atomic E-state index is 0.106. The van der Waals surface area contributed by atoms with Gasteiger partial charge >= 0.3 is 0 Å². The van der Waals surface area contributed by atoms with Crippen LogP contribution in [0.3, 0.4) is 0 Å². The van der Waals surface area contributed by atoms with Gasteiger partial charge in [0.2, 0.25) is 0 Å². The van der Waals surface area contributed by atoms with Gasteiger partial charge in [-0.3, -0.25) is 0 Å². The summed E-state index contributed by atoms with van der Waals surface area (Å²) < 4.78 is 11.1. The highest BCUT2D eigenvalue weighted by Gasteiger charge is 2.12. The summed E-state index contributed by atoms with van der Waals surface area (Å²) in [6.45, 7) is 4.02. The standard InChI is InChI=1S/C12H24O2/c1-2-3-4-5-7-10-13-12-9-6-8-11-14-12/h12H,2-11H2,1H3. The zero-order chi connectivity index (χ0) is 10.1. The molecule has 1 saturated heterocycles. The summed E-state index contributed by atoms with van der Waals surface area (Å²) in [5.74, 6) is 0. The van der Waals surface area contributed by atoms with E-state index in [-0.39, 0.29) is 6.29 Å². The first-order chi connectivity index (χ1) is 6.93. The van der Waals surface area contributed by atoms with E-state index in [0.717, 1.165) is 19.6 Å². The highest BCUT2D eigenvalue weighted by Crippen LogP contribution is 2.14. The van der Waals surface area contributed by atoms with Crippen LogP contribution >= 0.6 is 0 Å². The minimum atomic E-state index is 0.106. The number of rotatable bonds is 7. The van der Waals surface area contributed by atoms with Crippen LogP contribution < -0.4 is 0 Å². The molecule has 84 valence electrons. The Morgan fingerprint density at radius 3 is 2.71 bits per heavy atom. The van der Waals surface area contributed by atoms with Gasteiger partial charge < -0.3 is 9.47 Å². The van der Waals surface area contributed by atoms with Crippen LogP contribution in [0.4, 0.5) is 0 Å². The predicted molar refractivity (Wildman–Crippen MR) is 58.3 cm³/mol. The third kappa shape index (κ3) is 5.61. The second-order valence-corrected chi connectivity index (χ2v) is 4.08. The molecule has 0 aromatic rings. The Bertz CT molecular complexity index is 119. The first kappa shape index (κ1) is 12.0. The van der Waals surface area contributed by atoms with E-state index in [4.69, 9.17) is 9.47 Å². The summed E-state index contributed by atoms with van der Waals surface area (Å²) in [5, 5.41) is 0. The van der Waals surface area contributed by atoms with Crippen LogP contribution in [0.5, 0.6) is 0 Å². The van der Waals surface area contributed by atoms with Gasteiger partial charge in [0.15, 0.2) is 6.29 Å². The zero-order valence-electron chi connectivity index (χ0n) is 9.46. The van der Waals surface area contributed by atoms with E-state index in [9.17, 15) is 0 Å². The number of ether oxygens (including phenoxy) is 2. The van der Waals surface area contributed by atoms with E-state index in [1.807, 2.05) is 0 Å². The minimum Gasteiger partial charge on any atom is -0.353 e. The maximum absolute atomic E-state index is 5.64. The second kappa shape index (κ2) is 8.25. The van der Waals surface area contributed by atoms with Crippen LogP contribution in [0.15, 0.2) is 0 Å². The van der Waals surface area contributed by atoms with Crippen LogP contribution in [-0.2, 0) is 9.47 Å². The molecule has 1 aliphatic rings. The Morgan fingerprint density at radius 2 is 2.00 bits per heavy atom. The first-order valence-electron chi connectivity index (χ1n) is 6.16. The molecule has 1 fully saturated rings. The summed E-state index contributed by atoms with van der Waals surface area (Å²) in [6, 6.07) is 0. The molecule has 0 amide bonds. The largest absolute Gasteiger partial charge is 0.353 e. The molecule has 0 N–H and O–H groups in total. The number of unbranched alkanes of at least 4 members (excludes halogenated alkanes) is 4. The Hall–Kier alpha value is -0.0800. The molecule has 14 heavy (non-hydrogen) atoms. The average molecular weight is 200 g/mol. The molecule has 0 aliphatic carbocycles. The quantitative estimate of drug-likeness (QED) is 0.586. The molecule has 2 nitrogen and oxygen atoms in total. The monoisotopic (exact) mass is 200 g/mol. The van der Waals surface area contributed by atoms with E-state index in [1.165, 1.54) is 44.9 Å². The highest BCUT2D eigenvalue weighted by molar-refractivity contribution is 4.54. The smallest absolute Gasteiger partial charge is 0.157 e. The van der Waals surface area contributed by atoms with Crippen LogP contribution in [-0.4, -0.2) is 19.5 Å². The molecule has 2 heteroatoms. The lowest BCUT2D eigenvalue weighted by atomic mass is 10.2. The fraction of sp³-hybridized carbons (Fsp3) is 1.00. The molecule has 1 unspecified atom stereocenters. The highest BCUT2D eigenvalue weighted by atomic mass is 16.7. The van der Waals surface area contributed by atoms with Gasteiger partial charge in [0, 0.05) is 13.2 Å². The summed E-state index contributed by atoms with van der Waals surface area (Å²) in [7, 11) is 0. The zero-order valence-corrected chi connectivity index (χ0v) is 9.46. The van der Waals surface area contributed by atoms with Crippen molar-refractivity contribution in [2.45, 2.75) is 64.6 Å². The van der Waals surface area contributed by atoms with E-state index in [0.29, 0.717) is 0 Å². The Balaban J connectivity index is 1.82. The van der Waals surface area contributed by atoms with Crippen LogP contribution in [0.1, 0.15) is 58.3 Å². The van der Waals surface area contributed by atoms with Crippen molar-refractivity contribution >= 4 is 0 Å². The lowest BCUT2D eigenvalue weighted by molar-refractivity contribution is -0.162. The molecule has 1 heterocycles. The molecule has 1 aliphatic heterocycles. The van der Waals surface area contributed by atoms with Crippen molar-refractivity contribution in [2.24, 2.45) is 0 Å². The van der Waals surface area contributed by atoms with Gasteiger partial charge in [-0.2, -0.15) is 0 Å². The van der Waals surface area contributed by atoms with Gasteiger partial charge in [0.05, 0.1) is 0 Å². The Kier molecular flexibility index (Phi) is 7.06. The van der Waals surface area contributed by atoms with Crippen LogP contribution in [0, 0.1) is 0 Å². The van der Waals surface area contributed by atoms with Gasteiger partial charge in [-0.15, -0.1) is 0 Å². The van der Waals surface area contributed by atoms with Gasteiger partial charge in [-0.25, -0.2) is 0 Å². The summed E-state index contributed by atoms with van der Waals surface area (Å²) >= 11 is 0. The van der Waals surface area contributed by atoms with Gasteiger partial charge in [-0.1, -0.05) is 32.6 Å². The summed E-state index contributed by atoms with van der Waals surface area (Å²) in [5.41, 5.74) is 0. The molecular formula is C12H24O2. The molecule has 1 rings (SSSR count). The summed E-state index contributed by atoms with van der Waals surface area (Å²) in [4.78, 5) is 0. The fourth-order valence-corrected chi connectivity index (χ4v) is 1.76. The van der Waals surface area contributed by atoms with Crippen LogP contribution in [0.25, 0.3) is 0 Å². The SMILES string of the molecule is CCCCCCCOC1CCCCO1. The number of hydrogen-bond donors (Lipinski definition) is 0. The Morgan fingerprint density at radius 1 is 1.14 bits per heavy atom. The maximum Gasteiger partial charge on any atom is 0.157 e. The van der Waals surface area contributed by atoms with Crippen molar-refractivity contribution in [3.63, 3.8) is 0 Å². The van der Waals surface area contributed by atoms with Crippen molar-refractivity contribution in [1.82, 2.24) is 0 Å².